The van der Waals surface area contributed by atoms with Gasteiger partial charge in [-0.3, -0.25) is 9.59 Å². The molecule has 0 aliphatic carbocycles. The molecule has 6 nitrogen and oxygen atoms in total. The molecule has 1 unspecified atom stereocenters. The van der Waals surface area contributed by atoms with Crippen LogP contribution in [0.3, 0.4) is 0 Å². The van der Waals surface area contributed by atoms with Gasteiger partial charge in [0, 0.05) is 0 Å². The molecule has 2 atom stereocenters. The number of nitrogens with one attached hydrogen (secondary N) is 1. The highest BCUT2D eigenvalue weighted by Gasteiger charge is 2.24. The van der Waals surface area contributed by atoms with Crippen LogP contribution in [0.2, 0.25) is 0 Å². The van der Waals surface area contributed by atoms with Gasteiger partial charge in [-0.2, -0.15) is 0 Å². The summed E-state index contributed by atoms with van der Waals surface area (Å²) in [6.07, 6.45) is 0.315. The van der Waals surface area contributed by atoms with Crippen LogP contribution < -0.4 is 16.8 Å². The first-order valence-corrected chi connectivity index (χ1v) is 6.44. The number of amides is 2. The van der Waals surface area contributed by atoms with Crippen molar-refractivity contribution < 1.29 is 14.7 Å². The number of carbonyl (C=O) groups excluding carboxylic acids is 2. The third kappa shape index (κ3) is 4.55. The first-order chi connectivity index (χ1) is 9.31. The smallest absolute Gasteiger partial charge is 0.240 e. The number of phenolic OH excluding ortho intramolecular Hbond substituents is 1. The molecule has 1 aromatic rings. The van der Waals surface area contributed by atoms with Crippen LogP contribution in [0.4, 0.5) is 0 Å². The molecular formula is C14H21N3O3. The summed E-state index contributed by atoms with van der Waals surface area (Å²) < 4.78 is 0. The van der Waals surface area contributed by atoms with Gasteiger partial charge in [0.15, 0.2) is 0 Å². The van der Waals surface area contributed by atoms with E-state index in [1.165, 1.54) is 12.1 Å². The van der Waals surface area contributed by atoms with Gasteiger partial charge >= 0.3 is 0 Å². The molecule has 0 saturated heterocycles. The van der Waals surface area contributed by atoms with Gasteiger partial charge in [0.1, 0.15) is 11.8 Å². The van der Waals surface area contributed by atoms with E-state index in [1.807, 2.05) is 0 Å². The first-order valence-electron chi connectivity index (χ1n) is 6.44. The van der Waals surface area contributed by atoms with Gasteiger partial charge in [-0.05, 0) is 30.0 Å². The third-order valence-electron chi connectivity index (χ3n) is 3.00. The van der Waals surface area contributed by atoms with E-state index in [4.69, 9.17) is 11.5 Å². The molecule has 0 aliphatic heterocycles. The Morgan fingerprint density at radius 1 is 1.25 bits per heavy atom. The van der Waals surface area contributed by atoms with Crippen molar-refractivity contribution in [3.8, 4) is 5.75 Å². The summed E-state index contributed by atoms with van der Waals surface area (Å²) >= 11 is 0. The monoisotopic (exact) mass is 279 g/mol. The first kappa shape index (κ1) is 16.0. The Morgan fingerprint density at radius 3 is 2.25 bits per heavy atom. The van der Waals surface area contributed by atoms with E-state index in [-0.39, 0.29) is 11.7 Å². The van der Waals surface area contributed by atoms with Crippen LogP contribution in [0.15, 0.2) is 24.3 Å². The molecule has 2 amide bonds. The van der Waals surface area contributed by atoms with Gasteiger partial charge in [0.2, 0.25) is 11.8 Å². The molecule has 20 heavy (non-hydrogen) atoms. The summed E-state index contributed by atoms with van der Waals surface area (Å²) in [5.74, 6) is -0.946. The number of aromatic hydroxyl groups is 1. The topological polar surface area (TPSA) is 118 Å². The fraction of sp³-hybridized carbons (Fsp3) is 0.429. The summed E-state index contributed by atoms with van der Waals surface area (Å²) in [5, 5.41) is 11.7. The Hall–Kier alpha value is -2.08. The van der Waals surface area contributed by atoms with Gasteiger partial charge in [-0.15, -0.1) is 0 Å². The summed E-state index contributed by atoms with van der Waals surface area (Å²) in [4.78, 5) is 23.2. The molecule has 0 radical (unpaired) electrons. The van der Waals surface area contributed by atoms with Crippen LogP contribution in [0.25, 0.3) is 0 Å². The third-order valence-corrected chi connectivity index (χ3v) is 3.00. The van der Waals surface area contributed by atoms with Crippen molar-refractivity contribution in [1.29, 1.82) is 0 Å². The minimum atomic E-state index is -0.778. The largest absolute Gasteiger partial charge is 0.508 e. The van der Waals surface area contributed by atoms with E-state index in [9.17, 15) is 14.7 Å². The minimum absolute atomic E-state index is 0.0997. The molecule has 6 heteroatoms. The van der Waals surface area contributed by atoms with Gasteiger partial charge in [0.05, 0.1) is 6.04 Å². The normalized spacial score (nSPS) is 13.8. The molecule has 0 fully saturated rings. The highest BCUT2D eigenvalue weighted by molar-refractivity contribution is 5.89. The van der Waals surface area contributed by atoms with E-state index in [1.54, 1.807) is 26.0 Å². The fourth-order valence-electron chi connectivity index (χ4n) is 1.81. The Labute approximate surface area is 118 Å². The van der Waals surface area contributed by atoms with E-state index in [0.29, 0.717) is 6.42 Å². The molecular weight excluding hydrogens is 258 g/mol. The van der Waals surface area contributed by atoms with E-state index in [0.717, 1.165) is 5.56 Å². The molecule has 1 aromatic carbocycles. The van der Waals surface area contributed by atoms with E-state index >= 15 is 0 Å². The SMILES string of the molecule is CC(C)C(NC(=O)[C@@H](N)Cc1ccc(O)cc1)C(N)=O. The fourth-order valence-corrected chi connectivity index (χ4v) is 1.81. The zero-order chi connectivity index (χ0) is 15.3. The Morgan fingerprint density at radius 2 is 1.80 bits per heavy atom. The van der Waals surface area contributed by atoms with Crippen molar-refractivity contribution in [3.05, 3.63) is 29.8 Å². The van der Waals surface area contributed by atoms with Gasteiger partial charge < -0.3 is 21.9 Å². The average molecular weight is 279 g/mol. The lowest BCUT2D eigenvalue weighted by Crippen LogP contribution is -2.53. The van der Waals surface area contributed by atoms with Crippen molar-refractivity contribution in [1.82, 2.24) is 5.32 Å². The average Bonchev–Trinajstić information content (AvgIpc) is 2.37. The molecule has 0 spiro atoms. The van der Waals surface area contributed by atoms with Crippen LogP contribution in [0.1, 0.15) is 19.4 Å². The second-order valence-electron chi connectivity index (χ2n) is 5.11. The summed E-state index contributed by atoms with van der Waals surface area (Å²) in [5.41, 5.74) is 11.9. The lowest BCUT2D eigenvalue weighted by Gasteiger charge is -2.21. The van der Waals surface area contributed by atoms with Gasteiger partial charge in [-0.1, -0.05) is 26.0 Å². The summed E-state index contributed by atoms with van der Waals surface area (Å²) in [6.45, 7) is 3.59. The predicted molar refractivity (Wildman–Crippen MR) is 75.7 cm³/mol. The van der Waals surface area contributed by atoms with E-state index < -0.39 is 23.9 Å². The summed E-state index contributed by atoms with van der Waals surface area (Å²) in [7, 11) is 0. The molecule has 0 saturated carbocycles. The van der Waals surface area contributed by atoms with Crippen LogP contribution in [-0.2, 0) is 16.0 Å². The maximum atomic E-state index is 11.9. The molecule has 0 bridgehead atoms. The second kappa shape index (κ2) is 6.91. The number of rotatable bonds is 6. The Balaban J connectivity index is 2.62. The van der Waals surface area contributed by atoms with Crippen molar-refractivity contribution in [3.63, 3.8) is 0 Å². The molecule has 6 N–H and O–H groups in total. The zero-order valence-electron chi connectivity index (χ0n) is 11.7. The van der Waals surface area contributed by atoms with Crippen LogP contribution in [0.5, 0.6) is 5.75 Å². The van der Waals surface area contributed by atoms with Gasteiger partial charge in [0.25, 0.3) is 0 Å². The predicted octanol–water partition coefficient (Wildman–Crippen LogP) is -0.112. The number of phenols is 1. The number of primary amides is 1. The number of hydrogen-bond acceptors (Lipinski definition) is 4. The molecule has 0 heterocycles. The van der Waals surface area contributed by atoms with Gasteiger partial charge in [-0.25, -0.2) is 0 Å². The van der Waals surface area contributed by atoms with Crippen LogP contribution in [-0.4, -0.2) is 29.0 Å². The van der Waals surface area contributed by atoms with Crippen LogP contribution in [0, 0.1) is 5.92 Å². The second-order valence-corrected chi connectivity index (χ2v) is 5.11. The highest BCUT2D eigenvalue weighted by Crippen LogP contribution is 2.11. The number of benzene rings is 1. The Bertz CT molecular complexity index is 471. The molecule has 1 rings (SSSR count). The number of hydrogen-bond donors (Lipinski definition) is 4. The maximum absolute atomic E-state index is 11.9. The molecule has 0 aliphatic rings. The quantitative estimate of drug-likeness (QED) is 0.581. The minimum Gasteiger partial charge on any atom is -0.508 e. The number of carbonyl (C=O) groups is 2. The van der Waals surface area contributed by atoms with Crippen molar-refractivity contribution in [2.75, 3.05) is 0 Å². The lowest BCUT2D eigenvalue weighted by molar-refractivity contribution is -0.129. The Kier molecular flexibility index (Phi) is 5.52. The van der Waals surface area contributed by atoms with E-state index in [2.05, 4.69) is 5.32 Å². The highest BCUT2D eigenvalue weighted by atomic mass is 16.3. The summed E-state index contributed by atoms with van der Waals surface area (Å²) in [6, 6.07) is 4.93. The van der Waals surface area contributed by atoms with Crippen molar-refractivity contribution in [2.24, 2.45) is 17.4 Å². The zero-order valence-corrected chi connectivity index (χ0v) is 11.7. The number of nitrogens with two attached hydrogens (primary N) is 2. The molecule has 110 valence electrons. The van der Waals surface area contributed by atoms with Crippen molar-refractivity contribution >= 4 is 11.8 Å². The van der Waals surface area contributed by atoms with Crippen molar-refractivity contribution in [2.45, 2.75) is 32.4 Å². The maximum Gasteiger partial charge on any atom is 0.240 e. The standard InChI is InChI=1S/C14H21N3O3/c1-8(2)12(13(16)19)17-14(20)11(15)7-9-3-5-10(18)6-4-9/h3-6,8,11-12,18H,7,15H2,1-2H3,(H2,16,19)(H,17,20)/t11-,12?/m0/s1. The molecule has 0 aromatic heterocycles. The lowest BCUT2D eigenvalue weighted by atomic mass is 10.0. The van der Waals surface area contributed by atoms with Crippen LogP contribution >= 0.6 is 0 Å².